The summed E-state index contributed by atoms with van der Waals surface area (Å²) in [7, 11) is 0. The zero-order valence-corrected chi connectivity index (χ0v) is 13.7. The van der Waals surface area contributed by atoms with Crippen LogP contribution >= 0.6 is 24.8 Å². The molecular formula is C15H23Cl2N3O. The average molecular weight is 332 g/mol. The van der Waals surface area contributed by atoms with Crippen molar-refractivity contribution in [1.82, 2.24) is 15.2 Å². The van der Waals surface area contributed by atoms with E-state index in [1.807, 2.05) is 12.1 Å². The standard InChI is InChI=1S/C15H21N3O.2ClH/c19-15(2-1-12-3-7-16-8-4-12)18-10-6-14-13(11-18)5-9-17-14;;/h3-4,7-8,13-14,17H,1-2,5-6,9-11H2;2*1H. The number of pyridine rings is 1. The quantitative estimate of drug-likeness (QED) is 0.922. The fraction of sp³-hybridized carbons (Fsp3) is 0.600. The summed E-state index contributed by atoms with van der Waals surface area (Å²) >= 11 is 0. The molecule has 0 aliphatic carbocycles. The van der Waals surface area contributed by atoms with Crippen LogP contribution in [0.3, 0.4) is 0 Å². The summed E-state index contributed by atoms with van der Waals surface area (Å²) in [5, 5.41) is 3.53. The van der Waals surface area contributed by atoms with Gasteiger partial charge in [-0.2, -0.15) is 0 Å². The van der Waals surface area contributed by atoms with E-state index in [1.54, 1.807) is 12.4 Å². The average Bonchev–Trinajstić information content (AvgIpc) is 2.93. The SMILES string of the molecule is Cl.Cl.O=C(CCc1ccncc1)N1CCC2NCCC2C1. The molecule has 1 amide bonds. The summed E-state index contributed by atoms with van der Waals surface area (Å²) in [6, 6.07) is 4.63. The number of rotatable bonds is 3. The molecule has 0 aromatic carbocycles. The number of carbonyl (C=O) groups is 1. The van der Waals surface area contributed by atoms with Gasteiger partial charge in [0.25, 0.3) is 0 Å². The summed E-state index contributed by atoms with van der Waals surface area (Å²) in [6.07, 6.45) is 7.36. The Morgan fingerprint density at radius 1 is 1.29 bits per heavy atom. The van der Waals surface area contributed by atoms with Crippen LogP contribution in [-0.2, 0) is 11.2 Å². The smallest absolute Gasteiger partial charge is 0.222 e. The second-order valence-electron chi connectivity index (χ2n) is 5.59. The molecule has 1 aromatic heterocycles. The minimum atomic E-state index is 0. The highest BCUT2D eigenvalue weighted by Crippen LogP contribution is 2.25. The molecule has 21 heavy (non-hydrogen) atoms. The monoisotopic (exact) mass is 331 g/mol. The second kappa shape index (κ2) is 8.57. The number of carbonyl (C=O) groups excluding carboxylic acids is 1. The minimum Gasteiger partial charge on any atom is -0.342 e. The van der Waals surface area contributed by atoms with Crippen molar-refractivity contribution in [2.24, 2.45) is 5.92 Å². The maximum Gasteiger partial charge on any atom is 0.222 e. The third-order valence-electron chi connectivity index (χ3n) is 4.39. The third-order valence-corrected chi connectivity index (χ3v) is 4.39. The van der Waals surface area contributed by atoms with Gasteiger partial charge in [0.05, 0.1) is 0 Å². The topological polar surface area (TPSA) is 45.2 Å². The normalized spacial score (nSPS) is 23.7. The number of halogens is 2. The van der Waals surface area contributed by atoms with Crippen LogP contribution in [0.5, 0.6) is 0 Å². The molecule has 0 bridgehead atoms. The molecule has 0 radical (unpaired) electrons. The number of hydrogen-bond acceptors (Lipinski definition) is 3. The molecule has 1 aromatic rings. The van der Waals surface area contributed by atoms with Crippen LogP contribution in [-0.4, -0.2) is 41.5 Å². The zero-order valence-electron chi connectivity index (χ0n) is 12.0. The molecule has 4 nitrogen and oxygen atoms in total. The molecule has 2 atom stereocenters. The number of aryl methyl sites for hydroxylation is 1. The molecule has 2 saturated heterocycles. The van der Waals surface area contributed by atoms with Gasteiger partial charge in [-0.05, 0) is 49.4 Å². The van der Waals surface area contributed by atoms with Crippen molar-refractivity contribution < 1.29 is 4.79 Å². The lowest BCUT2D eigenvalue weighted by Crippen LogP contribution is -2.46. The molecule has 0 spiro atoms. The summed E-state index contributed by atoms with van der Waals surface area (Å²) in [5.74, 6) is 0.987. The summed E-state index contributed by atoms with van der Waals surface area (Å²) in [6.45, 7) is 2.99. The summed E-state index contributed by atoms with van der Waals surface area (Å²) < 4.78 is 0. The first-order valence-corrected chi connectivity index (χ1v) is 7.23. The van der Waals surface area contributed by atoms with Gasteiger partial charge in [0, 0.05) is 37.9 Å². The van der Waals surface area contributed by atoms with Gasteiger partial charge >= 0.3 is 0 Å². The first-order valence-electron chi connectivity index (χ1n) is 7.23. The van der Waals surface area contributed by atoms with Crippen LogP contribution in [0.2, 0.25) is 0 Å². The van der Waals surface area contributed by atoms with Crippen molar-refractivity contribution in [2.45, 2.75) is 31.7 Å². The molecule has 2 unspecified atom stereocenters. The predicted molar refractivity (Wildman–Crippen MR) is 88.1 cm³/mol. The molecule has 118 valence electrons. The van der Waals surface area contributed by atoms with E-state index in [0.29, 0.717) is 24.3 Å². The third kappa shape index (κ3) is 4.56. The lowest BCUT2D eigenvalue weighted by atomic mass is 9.93. The van der Waals surface area contributed by atoms with Gasteiger partial charge in [0.2, 0.25) is 5.91 Å². The summed E-state index contributed by atoms with van der Waals surface area (Å²) in [5.41, 5.74) is 1.20. The fourth-order valence-electron chi connectivity index (χ4n) is 3.23. The van der Waals surface area contributed by atoms with E-state index in [4.69, 9.17) is 0 Å². The highest BCUT2D eigenvalue weighted by molar-refractivity contribution is 5.85. The van der Waals surface area contributed by atoms with E-state index < -0.39 is 0 Å². The molecule has 6 heteroatoms. The van der Waals surface area contributed by atoms with Gasteiger partial charge in [0.15, 0.2) is 0 Å². The van der Waals surface area contributed by atoms with E-state index >= 15 is 0 Å². The number of nitrogens with zero attached hydrogens (tertiary/aromatic N) is 2. The molecule has 2 fully saturated rings. The molecule has 2 aliphatic rings. The maximum atomic E-state index is 12.2. The van der Waals surface area contributed by atoms with Crippen molar-refractivity contribution in [1.29, 1.82) is 0 Å². The van der Waals surface area contributed by atoms with Crippen LogP contribution in [0.25, 0.3) is 0 Å². The molecule has 1 N–H and O–H groups in total. The Balaban J connectivity index is 0.00000110. The van der Waals surface area contributed by atoms with Crippen LogP contribution in [0.4, 0.5) is 0 Å². The second-order valence-corrected chi connectivity index (χ2v) is 5.59. The van der Waals surface area contributed by atoms with E-state index in [1.165, 1.54) is 12.0 Å². The van der Waals surface area contributed by atoms with Crippen LogP contribution in [0.15, 0.2) is 24.5 Å². The molecule has 0 saturated carbocycles. The first-order chi connectivity index (χ1) is 9.33. The number of piperidine rings is 1. The van der Waals surface area contributed by atoms with Gasteiger partial charge in [0.1, 0.15) is 0 Å². The number of nitrogens with one attached hydrogen (secondary N) is 1. The van der Waals surface area contributed by atoms with E-state index in [9.17, 15) is 4.79 Å². The van der Waals surface area contributed by atoms with Crippen molar-refractivity contribution in [2.75, 3.05) is 19.6 Å². The van der Waals surface area contributed by atoms with E-state index in [0.717, 1.165) is 32.5 Å². The van der Waals surface area contributed by atoms with Crippen molar-refractivity contribution in [3.05, 3.63) is 30.1 Å². The highest BCUT2D eigenvalue weighted by Gasteiger charge is 2.33. The van der Waals surface area contributed by atoms with E-state index in [2.05, 4.69) is 15.2 Å². The lowest BCUT2D eigenvalue weighted by molar-refractivity contribution is -0.133. The lowest BCUT2D eigenvalue weighted by Gasteiger charge is -2.35. The number of fused-ring (bicyclic) bond motifs is 1. The number of aromatic nitrogens is 1. The van der Waals surface area contributed by atoms with Gasteiger partial charge < -0.3 is 10.2 Å². The summed E-state index contributed by atoms with van der Waals surface area (Å²) in [4.78, 5) is 18.3. The van der Waals surface area contributed by atoms with Crippen molar-refractivity contribution in [3.8, 4) is 0 Å². The predicted octanol–water partition coefficient (Wildman–Crippen LogP) is 2.07. The number of hydrogen-bond donors (Lipinski definition) is 1. The Morgan fingerprint density at radius 2 is 2.05 bits per heavy atom. The Labute approximate surface area is 138 Å². The van der Waals surface area contributed by atoms with Crippen molar-refractivity contribution in [3.63, 3.8) is 0 Å². The fourth-order valence-corrected chi connectivity index (χ4v) is 3.23. The Morgan fingerprint density at radius 3 is 2.81 bits per heavy atom. The first kappa shape index (κ1) is 18.2. The maximum absolute atomic E-state index is 12.2. The Bertz CT molecular complexity index is 444. The Kier molecular flexibility index (Phi) is 7.43. The van der Waals surface area contributed by atoms with Gasteiger partial charge in [-0.15, -0.1) is 24.8 Å². The van der Waals surface area contributed by atoms with Crippen molar-refractivity contribution >= 4 is 30.7 Å². The molecular weight excluding hydrogens is 309 g/mol. The van der Waals surface area contributed by atoms with Crippen LogP contribution < -0.4 is 5.32 Å². The molecule has 3 rings (SSSR count). The molecule has 3 heterocycles. The largest absolute Gasteiger partial charge is 0.342 e. The Hall–Kier alpha value is -0.840. The zero-order chi connectivity index (χ0) is 13.1. The molecule has 2 aliphatic heterocycles. The van der Waals surface area contributed by atoms with Crippen LogP contribution in [0.1, 0.15) is 24.8 Å². The van der Waals surface area contributed by atoms with Gasteiger partial charge in [-0.1, -0.05) is 0 Å². The van der Waals surface area contributed by atoms with Crippen LogP contribution in [0, 0.1) is 5.92 Å². The van der Waals surface area contributed by atoms with Gasteiger partial charge in [-0.25, -0.2) is 0 Å². The minimum absolute atomic E-state index is 0. The number of likely N-dealkylation sites (tertiary alicyclic amines) is 1. The van der Waals surface area contributed by atoms with E-state index in [-0.39, 0.29) is 24.8 Å². The highest BCUT2D eigenvalue weighted by atomic mass is 35.5. The van der Waals surface area contributed by atoms with Gasteiger partial charge in [-0.3, -0.25) is 9.78 Å². The number of amides is 1.